The standard InChI is InChI=1S/C25H25FN6OS/c26-20-9-11-22(12-10-20)32(16-21-18-34-25(27-21)30-13-5-2-6-14-30)24(33)23-17-31(29-28-23)15-19-7-3-1-4-8-19/h1,3-4,7-12,17-18H,2,5-6,13-16H2. The fourth-order valence-corrected chi connectivity index (χ4v) is 4.92. The second kappa shape index (κ2) is 10.1. The van der Waals surface area contributed by atoms with Crippen molar-refractivity contribution in [3.8, 4) is 0 Å². The Morgan fingerprint density at radius 3 is 2.56 bits per heavy atom. The van der Waals surface area contributed by atoms with Crippen molar-refractivity contribution in [3.63, 3.8) is 0 Å². The van der Waals surface area contributed by atoms with E-state index in [1.54, 1.807) is 39.2 Å². The summed E-state index contributed by atoms with van der Waals surface area (Å²) < 4.78 is 15.2. The fraction of sp³-hybridized carbons (Fsp3) is 0.280. The zero-order valence-corrected chi connectivity index (χ0v) is 19.5. The van der Waals surface area contributed by atoms with Crippen LogP contribution in [0.1, 0.15) is 41.0 Å². The number of anilines is 2. The molecule has 7 nitrogen and oxygen atoms in total. The minimum absolute atomic E-state index is 0.228. The Bertz CT molecular complexity index is 1230. The highest BCUT2D eigenvalue weighted by Gasteiger charge is 2.23. The van der Waals surface area contributed by atoms with Gasteiger partial charge in [-0.05, 0) is 49.1 Å². The molecule has 1 saturated heterocycles. The quantitative estimate of drug-likeness (QED) is 0.385. The van der Waals surface area contributed by atoms with Gasteiger partial charge in [-0.3, -0.25) is 4.79 Å². The van der Waals surface area contributed by atoms with Gasteiger partial charge in [-0.15, -0.1) is 16.4 Å². The highest BCUT2D eigenvalue weighted by molar-refractivity contribution is 7.13. The molecule has 0 N–H and O–H groups in total. The van der Waals surface area contributed by atoms with Gasteiger partial charge in [0.25, 0.3) is 5.91 Å². The molecule has 0 atom stereocenters. The molecule has 0 radical (unpaired) electrons. The average Bonchev–Trinajstić information content (AvgIpc) is 3.54. The molecule has 0 aliphatic carbocycles. The maximum absolute atomic E-state index is 13.6. The second-order valence-corrected chi connectivity index (χ2v) is 9.16. The van der Waals surface area contributed by atoms with E-state index < -0.39 is 0 Å². The Kier molecular flexibility index (Phi) is 6.62. The Morgan fingerprint density at radius 2 is 1.79 bits per heavy atom. The maximum Gasteiger partial charge on any atom is 0.280 e. The SMILES string of the molecule is O=C(c1cn(Cc2ccccc2)nn1)N(Cc1csc(N2CCCCC2)n1)c1ccc(F)cc1. The molecule has 1 amide bonds. The van der Waals surface area contributed by atoms with E-state index >= 15 is 0 Å². The minimum Gasteiger partial charge on any atom is -0.348 e. The van der Waals surface area contributed by atoms with E-state index in [0.717, 1.165) is 29.5 Å². The zero-order chi connectivity index (χ0) is 23.3. The second-order valence-electron chi connectivity index (χ2n) is 8.32. The highest BCUT2D eigenvalue weighted by Crippen LogP contribution is 2.26. The van der Waals surface area contributed by atoms with Crippen molar-refractivity contribution in [2.45, 2.75) is 32.4 Å². The first-order valence-corrected chi connectivity index (χ1v) is 12.2. The van der Waals surface area contributed by atoms with Crippen LogP contribution in [0.3, 0.4) is 0 Å². The molecule has 174 valence electrons. The first kappa shape index (κ1) is 22.2. The summed E-state index contributed by atoms with van der Waals surface area (Å²) in [5.41, 5.74) is 2.66. The number of hydrogen-bond donors (Lipinski definition) is 0. The molecular weight excluding hydrogens is 451 g/mol. The number of nitrogens with zero attached hydrogens (tertiary/aromatic N) is 6. The number of aromatic nitrogens is 4. The number of piperidine rings is 1. The summed E-state index contributed by atoms with van der Waals surface area (Å²) in [5, 5.41) is 11.2. The van der Waals surface area contributed by atoms with Gasteiger partial charge in [-0.2, -0.15) is 0 Å². The van der Waals surface area contributed by atoms with E-state index in [4.69, 9.17) is 4.98 Å². The first-order chi connectivity index (χ1) is 16.7. The van der Waals surface area contributed by atoms with E-state index in [9.17, 15) is 9.18 Å². The van der Waals surface area contributed by atoms with Crippen LogP contribution in [0.4, 0.5) is 15.2 Å². The van der Waals surface area contributed by atoms with Gasteiger partial charge < -0.3 is 9.80 Å². The van der Waals surface area contributed by atoms with Crippen molar-refractivity contribution in [2.75, 3.05) is 22.9 Å². The maximum atomic E-state index is 13.6. The minimum atomic E-state index is -0.356. The average molecular weight is 477 g/mol. The number of amides is 1. The fourth-order valence-electron chi connectivity index (χ4n) is 4.05. The van der Waals surface area contributed by atoms with Gasteiger partial charge in [-0.25, -0.2) is 14.1 Å². The van der Waals surface area contributed by atoms with Crippen molar-refractivity contribution in [2.24, 2.45) is 0 Å². The summed E-state index contributed by atoms with van der Waals surface area (Å²) in [6.45, 7) is 2.81. The lowest BCUT2D eigenvalue weighted by atomic mass is 10.1. The molecule has 0 saturated carbocycles. The Morgan fingerprint density at radius 1 is 1.03 bits per heavy atom. The predicted molar refractivity (Wildman–Crippen MR) is 131 cm³/mol. The van der Waals surface area contributed by atoms with Crippen LogP contribution < -0.4 is 9.80 Å². The van der Waals surface area contributed by atoms with Crippen LogP contribution in [0.15, 0.2) is 66.2 Å². The molecule has 2 aromatic heterocycles. The van der Waals surface area contributed by atoms with Gasteiger partial charge in [0.1, 0.15) is 5.82 Å². The summed E-state index contributed by atoms with van der Waals surface area (Å²) in [6.07, 6.45) is 5.25. The van der Waals surface area contributed by atoms with Crippen LogP contribution in [0.25, 0.3) is 0 Å². The van der Waals surface area contributed by atoms with Crippen LogP contribution in [0.2, 0.25) is 0 Å². The lowest BCUT2D eigenvalue weighted by Gasteiger charge is -2.26. The van der Waals surface area contributed by atoms with Crippen molar-refractivity contribution in [1.82, 2.24) is 20.0 Å². The molecule has 3 heterocycles. The molecule has 9 heteroatoms. The lowest BCUT2D eigenvalue weighted by molar-refractivity contribution is 0.0980. The number of hydrogen-bond acceptors (Lipinski definition) is 6. The molecule has 2 aromatic carbocycles. The van der Waals surface area contributed by atoms with Gasteiger partial charge in [-0.1, -0.05) is 35.5 Å². The van der Waals surface area contributed by atoms with Gasteiger partial charge in [0.2, 0.25) is 0 Å². The molecule has 5 rings (SSSR count). The number of carbonyl (C=O) groups excluding carboxylic acids is 1. The summed E-state index contributed by atoms with van der Waals surface area (Å²) in [4.78, 5) is 22.2. The number of thiazole rings is 1. The van der Waals surface area contributed by atoms with Crippen molar-refractivity contribution in [1.29, 1.82) is 0 Å². The van der Waals surface area contributed by atoms with E-state index in [1.807, 2.05) is 35.7 Å². The third-order valence-corrected chi connectivity index (χ3v) is 6.77. The van der Waals surface area contributed by atoms with E-state index in [2.05, 4.69) is 15.2 Å². The van der Waals surface area contributed by atoms with Crippen molar-refractivity contribution < 1.29 is 9.18 Å². The third kappa shape index (κ3) is 5.14. The van der Waals surface area contributed by atoms with Gasteiger partial charge in [0, 0.05) is 24.2 Å². The monoisotopic (exact) mass is 476 g/mol. The van der Waals surface area contributed by atoms with E-state index in [0.29, 0.717) is 12.2 Å². The highest BCUT2D eigenvalue weighted by atomic mass is 32.1. The van der Waals surface area contributed by atoms with Crippen LogP contribution in [0.5, 0.6) is 0 Å². The smallest absolute Gasteiger partial charge is 0.280 e. The van der Waals surface area contributed by atoms with Crippen LogP contribution in [-0.4, -0.2) is 39.0 Å². The summed E-state index contributed by atoms with van der Waals surface area (Å²) in [6, 6.07) is 15.8. The normalized spacial score (nSPS) is 13.7. The molecule has 4 aromatic rings. The first-order valence-electron chi connectivity index (χ1n) is 11.4. The summed E-state index contributed by atoms with van der Waals surface area (Å²) >= 11 is 1.59. The molecule has 0 spiro atoms. The van der Waals surface area contributed by atoms with Crippen LogP contribution in [0, 0.1) is 5.82 Å². The Labute approximate surface area is 201 Å². The Balaban J connectivity index is 1.37. The summed E-state index contributed by atoms with van der Waals surface area (Å²) in [5.74, 6) is -0.663. The van der Waals surface area contributed by atoms with Gasteiger partial charge in [0.15, 0.2) is 10.8 Å². The molecule has 34 heavy (non-hydrogen) atoms. The summed E-state index contributed by atoms with van der Waals surface area (Å²) in [7, 11) is 0. The number of halogens is 1. The van der Waals surface area contributed by atoms with E-state index in [-0.39, 0.29) is 24.0 Å². The lowest BCUT2D eigenvalue weighted by Crippen LogP contribution is -2.31. The third-order valence-electron chi connectivity index (χ3n) is 5.81. The Hall–Kier alpha value is -3.59. The van der Waals surface area contributed by atoms with Crippen LogP contribution >= 0.6 is 11.3 Å². The zero-order valence-electron chi connectivity index (χ0n) is 18.7. The predicted octanol–water partition coefficient (Wildman–Crippen LogP) is 4.76. The largest absolute Gasteiger partial charge is 0.348 e. The molecule has 1 aliphatic rings. The molecule has 0 bridgehead atoms. The van der Waals surface area contributed by atoms with Gasteiger partial charge >= 0.3 is 0 Å². The number of rotatable bonds is 7. The number of benzene rings is 2. The molecule has 1 fully saturated rings. The van der Waals surface area contributed by atoms with E-state index in [1.165, 1.54) is 31.4 Å². The van der Waals surface area contributed by atoms with Gasteiger partial charge in [0.05, 0.1) is 25.0 Å². The topological polar surface area (TPSA) is 67.2 Å². The molecule has 0 unspecified atom stereocenters. The van der Waals surface area contributed by atoms with Crippen molar-refractivity contribution >= 4 is 28.1 Å². The number of carbonyl (C=O) groups is 1. The van der Waals surface area contributed by atoms with Crippen molar-refractivity contribution in [3.05, 3.63) is 88.9 Å². The molecule has 1 aliphatic heterocycles. The molecular formula is C25H25FN6OS. The van der Waals surface area contributed by atoms with Crippen LogP contribution in [-0.2, 0) is 13.1 Å².